The van der Waals surface area contributed by atoms with E-state index in [1.807, 2.05) is 0 Å². The van der Waals surface area contributed by atoms with Gasteiger partial charge in [-0.05, 0) is 30.4 Å². The second kappa shape index (κ2) is 5.37. The molecule has 1 aliphatic rings. The first-order valence-corrected chi connectivity index (χ1v) is 7.14. The van der Waals surface area contributed by atoms with Crippen molar-refractivity contribution in [3.8, 4) is 0 Å². The molecule has 2 aromatic rings. The molecule has 0 radical (unpaired) electrons. The summed E-state index contributed by atoms with van der Waals surface area (Å²) in [6.45, 7) is 4.26. The number of para-hydroxylation sites is 1. The van der Waals surface area contributed by atoms with Crippen LogP contribution in [-0.2, 0) is 4.74 Å². The number of carbonyl (C=O) groups is 1. The van der Waals surface area contributed by atoms with E-state index in [0.717, 1.165) is 26.1 Å². The van der Waals surface area contributed by atoms with Crippen molar-refractivity contribution in [1.82, 2.24) is 15.3 Å². The summed E-state index contributed by atoms with van der Waals surface area (Å²) in [4.78, 5) is 29.1. The van der Waals surface area contributed by atoms with Crippen LogP contribution in [0.4, 0.5) is 0 Å². The first kappa shape index (κ1) is 13.9. The largest absolute Gasteiger partial charge is 0.381 e. The summed E-state index contributed by atoms with van der Waals surface area (Å²) >= 11 is 0. The van der Waals surface area contributed by atoms with Crippen molar-refractivity contribution < 1.29 is 9.53 Å². The Balaban J connectivity index is 1.76. The van der Waals surface area contributed by atoms with E-state index < -0.39 is 0 Å². The molecule has 0 unspecified atom stereocenters. The van der Waals surface area contributed by atoms with Gasteiger partial charge in [0.05, 0.1) is 16.6 Å². The van der Waals surface area contributed by atoms with Crippen molar-refractivity contribution in [2.45, 2.75) is 19.8 Å². The van der Waals surface area contributed by atoms with Gasteiger partial charge in [-0.3, -0.25) is 4.79 Å². The number of benzene rings is 1. The molecule has 1 saturated heterocycles. The standard InChI is InChI=1S/C15H19N3O3/c1-15(5-7-21-8-6-15)9-16-13(19)10-3-2-4-11-12(10)18-14(20)17-11/h2-4H,5-9H2,1H3,(H,16,19)(H2,17,18,20). The van der Waals surface area contributed by atoms with Crippen LogP contribution in [0, 0.1) is 5.41 Å². The van der Waals surface area contributed by atoms with Gasteiger partial charge in [-0.25, -0.2) is 4.79 Å². The summed E-state index contributed by atoms with van der Waals surface area (Å²) in [5.41, 5.74) is 1.46. The number of rotatable bonds is 3. The molecule has 0 spiro atoms. The monoisotopic (exact) mass is 289 g/mol. The van der Waals surface area contributed by atoms with Gasteiger partial charge >= 0.3 is 5.69 Å². The molecule has 0 saturated carbocycles. The fourth-order valence-corrected chi connectivity index (χ4v) is 2.68. The van der Waals surface area contributed by atoms with Gasteiger partial charge in [0, 0.05) is 19.8 Å². The van der Waals surface area contributed by atoms with Gasteiger partial charge in [-0.15, -0.1) is 0 Å². The van der Waals surface area contributed by atoms with Crippen LogP contribution in [0.2, 0.25) is 0 Å². The number of amides is 1. The lowest BCUT2D eigenvalue weighted by Crippen LogP contribution is -2.39. The molecular weight excluding hydrogens is 270 g/mol. The number of aromatic amines is 2. The minimum absolute atomic E-state index is 0.0767. The van der Waals surface area contributed by atoms with Crippen molar-refractivity contribution in [3.63, 3.8) is 0 Å². The first-order chi connectivity index (χ1) is 10.1. The third-order valence-corrected chi connectivity index (χ3v) is 4.17. The van der Waals surface area contributed by atoms with Crippen molar-refractivity contribution in [2.75, 3.05) is 19.8 Å². The number of nitrogens with one attached hydrogen (secondary N) is 3. The Kier molecular flexibility index (Phi) is 3.55. The third-order valence-electron chi connectivity index (χ3n) is 4.17. The molecule has 1 fully saturated rings. The maximum atomic E-state index is 12.4. The molecule has 1 aromatic carbocycles. The summed E-state index contributed by atoms with van der Waals surface area (Å²) in [5, 5.41) is 2.98. The molecular formula is C15H19N3O3. The van der Waals surface area contributed by atoms with Crippen LogP contribution in [0.3, 0.4) is 0 Å². The lowest BCUT2D eigenvalue weighted by molar-refractivity contribution is 0.0238. The van der Waals surface area contributed by atoms with Crippen LogP contribution in [0.25, 0.3) is 11.0 Å². The molecule has 3 N–H and O–H groups in total. The Hall–Kier alpha value is -2.08. The fourth-order valence-electron chi connectivity index (χ4n) is 2.68. The SMILES string of the molecule is CC1(CNC(=O)c2cccc3[nH]c(=O)[nH]c23)CCOCC1. The zero-order valence-corrected chi connectivity index (χ0v) is 12.0. The third kappa shape index (κ3) is 2.85. The number of hydrogen-bond acceptors (Lipinski definition) is 3. The van der Waals surface area contributed by atoms with Crippen LogP contribution in [-0.4, -0.2) is 35.6 Å². The number of fused-ring (bicyclic) bond motifs is 1. The highest BCUT2D eigenvalue weighted by Crippen LogP contribution is 2.28. The van der Waals surface area contributed by atoms with E-state index in [0.29, 0.717) is 23.1 Å². The Labute approximate surface area is 121 Å². The molecule has 0 bridgehead atoms. The van der Waals surface area contributed by atoms with Crippen LogP contribution in [0.5, 0.6) is 0 Å². The summed E-state index contributed by atoms with van der Waals surface area (Å²) in [6, 6.07) is 5.24. The lowest BCUT2D eigenvalue weighted by atomic mass is 9.82. The smallest absolute Gasteiger partial charge is 0.323 e. The van der Waals surface area contributed by atoms with Crippen molar-refractivity contribution in [2.24, 2.45) is 5.41 Å². The van der Waals surface area contributed by atoms with Crippen LogP contribution >= 0.6 is 0 Å². The molecule has 6 heteroatoms. The molecule has 6 nitrogen and oxygen atoms in total. The number of aromatic nitrogens is 2. The van der Waals surface area contributed by atoms with Crippen molar-refractivity contribution >= 4 is 16.9 Å². The normalized spacial score (nSPS) is 17.8. The molecule has 112 valence electrons. The van der Waals surface area contributed by atoms with Crippen molar-refractivity contribution in [3.05, 3.63) is 34.2 Å². The first-order valence-electron chi connectivity index (χ1n) is 7.14. The molecule has 2 heterocycles. The van der Waals surface area contributed by atoms with E-state index in [1.165, 1.54) is 0 Å². The average molecular weight is 289 g/mol. The molecule has 1 aliphatic heterocycles. The van der Waals surface area contributed by atoms with Crippen LogP contribution < -0.4 is 11.0 Å². The van der Waals surface area contributed by atoms with Gasteiger partial charge in [0.25, 0.3) is 5.91 Å². The Bertz CT molecular complexity index is 710. The van der Waals surface area contributed by atoms with Crippen LogP contribution in [0.1, 0.15) is 30.1 Å². The maximum Gasteiger partial charge on any atom is 0.323 e. The van der Waals surface area contributed by atoms with Gasteiger partial charge in [0.15, 0.2) is 0 Å². The molecule has 1 amide bonds. The molecule has 3 rings (SSSR count). The van der Waals surface area contributed by atoms with E-state index in [-0.39, 0.29) is 17.0 Å². The second-order valence-corrected chi connectivity index (χ2v) is 5.91. The van der Waals surface area contributed by atoms with E-state index >= 15 is 0 Å². The van der Waals surface area contributed by atoms with E-state index in [2.05, 4.69) is 22.2 Å². The predicted octanol–water partition coefficient (Wildman–Crippen LogP) is 1.40. The Morgan fingerprint density at radius 1 is 1.33 bits per heavy atom. The van der Waals surface area contributed by atoms with Gasteiger partial charge < -0.3 is 20.0 Å². The van der Waals surface area contributed by atoms with E-state index in [1.54, 1.807) is 18.2 Å². The highest BCUT2D eigenvalue weighted by Gasteiger charge is 2.28. The van der Waals surface area contributed by atoms with Gasteiger partial charge in [0.1, 0.15) is 0 Å². The Morgan fingerprint density at radius 2 is 2.10 bits per heavy atom. The maximum absolute atomic E-state index is 12.4. The summed E-state index contributed by atoms with van der Waals surface area (Å²) in [5.74, 6) is -0.163. The van der Waals surface area contributed by atoms with E-state index in [4.69, 9.17) is 4.74 Å². The average Bonchev–Trinajstić information content (AvgIpc) is 2.85. The van der Waals surface area contributed by atoms with Crippen LogP contribution in [0.15, 0.2) is 23.0 Å². The summed E-state index contributed by atoms with van der Waals surface area (Å²) in [7, 11) is 0. The molecule has 1 aromatic heterocycles. The number of imidazole rings is 1. The number of ether oxygens (including phenoxy) is 1. The number of carbonyl (C=O) groups excluding carboxylic acids is 1. The zero-order chi connectivity index (χ0) is 14.9. The summed E-state index contributed by atoms with van der Waals surface area (Å²) in [6.07, 6.45) is 1.89. The van der Waals surface area contributed by atoms with E-state index in [9.17, 15) is 9.59 Å². The summed E-state index contributed by atoms with van der Waals surface area (Å²) < 4.78 is 5.36. The van der Waals surface area contributed by atoms with Crippen molar-refractivity contribution in [1.29, 1.82) is 0 Å². The minimum atomic E-state index is -0.304. The predicted molar refractivity (Wildman–Crippen MR) is 79.4 cm³/mol. The second-order valence-electron chi connectivity index (χ2n) is 5.91. The molecule has 0 aliphatic carbocycles. The van der Waals surface area contributed by atoms with Gasteiger partial charge in [-0.2, -0.15) is 0 Å². The highest BCUT2D eigenvalue weighted by molar-refractivity contribution is 6.04. The quantitative estimate of drug-likeness (QED) is 0.798. The lowest BCUT2D eigenvalue weighted by Gasteiger charge is -2.33. The number of H-pyrrole nitrogens is 2. The van der Waals surface area contributed by atoms with Gasteiger partial charge in [0.2, 0.25) is 0 Å². The van der Waals surface area contributed by atoms with Gasteiger partial charge in [-0.1, -0.05) is 13.0 Å². The fraction of sp³-hybridized carbons (Fsp3) is 0.467. The highest BCUT2D eigenvalue weighted by atomic mass is 16.5. The zero-order valence-electron chi connectivity index (χ0n) is 12.0. The minimum Gasteiger partial charge on any atom is -0.381 e. The Morgan fingerprint density at radius 3 is 2.86 bits per heavy atom. The topological polar surface area (TPSA) is 87.0 Å². The number of hydrogen-bond donors (Lipinski definition) is 3. The molecule has 0 atom stereocenters. The molecule has 21 heavy (non-hydrogen) atoms.